The second-order valence-corrected chi connectivity index (χ2v) is 5.26. The van der Waals surface area contributed by atoms with Gasteiger partial charge >= 0.3 is 0 Å². The maximum atomic E-state index is 10.4. The van der Waals surface area contributed by atoms with Crippen molar-refractivity contribution in [3.05, 3.63) is 42.0 Å². The minimum Gasteiger partial charge on any atom is -0.493 e. The highest BCUT2D eigenvalue weighted by Gasteiger charge is 2.06. The minimum atomic E-state index is 0.305. The van der Waals surface area contributed by atoms with Gasteiger partial charge in [0.25, 0.3) is 0 Å². The van der Waals surface area contributed by atoms with Gasteiger partial charge in [-0.25, -0.2) is 0 Å². The SMILES string of the molecule is CCCC(/C=C\C=O)COc1ccc(C(C)CC)cc1. The van der Waals surface area contributed by atoms with E-state index in [1.807, 2.05) is 18.2 Å². The van der Waals surface area contributed by atoms with Gasteiger partial charge in [-0.2, -0.15) is 0 Å². The molecule has 0 aliphatic heterocycles. The van der Waals surface area contributed by atoms with Crippen LogP contribution in [0.15, 0.2) is 36.4 Å². The molecule has 2 nitrogen and oxygen atoms in total. The number of aldehydes is 1. The lowest BCUT2D eigenvalue weighted by Crippen LogP contribution is -2.09. The summed E-state index contributed by atoms with van der Waals surface area (Å²) in [6, 6.07) is 8.35. The quantitative estimate of drug-likeness (QED) is 0.480. The number of carbonyl (C=O) groups is 1. The summed E-state index contributed by atoms with van der Waals surface area (Å²) in [4.78, 5) is 10.4. The Hall–Kier alpha value is -1.57. The highest BCUT2D eigenvalue weighted by atomic mass is 16.5. The van der Waals surface area contributed by atoms with Gasteiger partial charge in [0, 0.05) is 5.92 Å². The molecule has 0 spiro atoms. The van der Waals surface area contributed by atoms with E-state index < -0.39 is 0 Å². The Morgan fingerprint density at radius 1 is 1.20 bits per heavy atom. The molecular weight excluding hydrogens is 248 g/mol. The Kier molecular flexibility index (Phi) is 7.71. The minimum absolute atomic E-state index is 0.305. The third-order valence-corrected chi connectivity index (χ3v) is 3.65. The van der Waals surface area contributed by atoms with E-state index in [0.29, 0.717) is 18.4 Å². The fraction of sp³-hybridized carbons (Fsp3) is 0.500. The molecule has 0 aliphatic rings. The van der Waals surface area contributed by atoms with Crippen molar-refractivity contribution in [2.45, 2.75) is 46.0 Å². The van der Waals surface area contributed by atoms with Gasteiger partial charge in [0.2, 0.25) is 0 Å². The Morgan fingerprint density at radius 3 is 2.45 bits per heavy atom. The van der Waals surface area contributed by atoms with Crippen LogP contribution in [0, 0.1) is 5.92 Å². The van der Waals surface area contributed by atoms with Crippen molar-refractivity contribution in [1.29, 1.82) is 0 Å². The van der Waals surface area contributed by atoms with E-state index in [2.05, 4.69) is 32.9 Å². The van der Waals surface area contributed by atoms with Crippen LogP contribution in [0.3, 0.4) is 0 Å². The van der Waals surface area contributed by atoms with Crippen LogP contribution in [-0.4, -0.2) is 12.9 Å². The maximum absolute atomic E-state index is 10.4. The lowest BCUT2D eigenvalue weighted by atomic mass is 9.99. The van der Waals surface area contributed by atoms with E-state index in [-0.39, 0.29) is 0 Å². The van der Waals surface area contributed by atoms with Crippen LogP contribution >= 0.6 is 0 Å². The first-order valence-corrected chi connectivity index (χ1v) is 7.55. The molecule has 0 saturated heterocycles. The van der Waals surface area contributed by atoms with Crippen LogP contribution in [0.1, 0.15) is 51.5 Å². The standard InChI is InChI=1S/C18H26O2/c1-4-7-16(8-6-13-19)14-20-18-11-9-17(10-12-18)15(3)5-2/h6,8-13,15-16H,4-5,7,14H2,1-3H3/b8-6-. The summed E-state index contributed by atoms with van der Waals surface area (Å²) < 4.78 is 5.82. The van der Waals surface area contributed by atoms with Crippen molar-refractivity contribution in [2.24, 2.45) is 5.92 Å². The van der Waals surface area contributed by atoms with E-state index in [4.69, 9.17) is 4.74 Å². The van der Waals surface area contributed by atoms with Gasteiger partial charge in [-0.05, 0) is 42.5 Å². The van der Waals surface area contributed by atoms with E-state index in [0.717, 1.165) is 31.3 Å². The van der Waals surface area contributed by atoms with Gasteiger partial charge in [0.15, 0.2) is 0 Å². The van der Waals surface area contributed by atoms with Gasteiger partial charge < -0.3 is 4.74 Å². The van der Waals surface area contributed by atoms with Crippen molar-refractivity contribution in [3.8, 4) is 5.75 Å². The van der Waals surface area contributed by atoms with Gasteiger partial charge in [-0.3, -0.25) is 4.79 Å². The maximum Gasteiger partial charge on any atom is 0.142 e. The molecule has 0 fully saturated rings. The van der Waals surface area contributed by atoms with E-state index in [1.54, 1.807) is 6.08 Å². The number of hydrogen-bond acceptors (Lipinski definition) is 2. The third kappa shape index (κ3) is 5.60. The molecule has 0 saturated carbocycles. The largest absolute Gasteiger partial charge is 0.493 e. The summed E-state index contributed by atoms with van der Waals surface area (Å²) in [5.74, 6) is 1.80. The third-order valence-electron chi connectivity index (χ3n) is 3.65. The molecule has 1 aromatic carbocycles. The predicted octanol–water partition coefficient (Wildman–Crippen LogP) is 4.75. The Bertz CT molecular complexity index is 406. The second kappa shape index (κ2) is 9.35. The molecule has 0 radical (unpaired) electrons. The lowest BCUT2D eigenvalue weighted by molar-refractivity contribution is -0.104. The molecule has 1 aromatic rings. The molecule has 0 aliphatic carbocycles. The van der Waals surface area contributed by atoms with Crippen molar-refractivity contribution in [3.63, 3.8) is 0 Å². The highest BCUT2D eigenvalue weighted by molar-refractivity contribution is 5.64. The molecule has 0 aromatic heterocycles. The summed E-state index contributed by atoms with van der Waals surface area (Å²) >= 11 is 0. The number of allylic oxidation sites excluding steroid dienone is 1. The number of ether oxygens (including phenoxy) is 1. The molecule has 0 N–H and O–H groups in total. The fourth-order valence-corrected chi connectivity index (χ4v) is 2.14. The molecule has 110 valence electrons. The van der Waals surface area contributed by atoms with Crippen molar-refractivity contribution < 1.29 is 9.53 Å². The van der Waals surface area contributed by atoms with Crippen LogP contribution in [0.5, 0.6) is 5.75 Å². The molecule has 0 bridgehead atoms. The highest BCUT2D eigenvalue weighted by Crippen LogP contribution is 2.22. The first-order chi connectivity index (χ1) is 9.71. The Balaban J connectivity index is 2.54. The van der Waals surface area contributed by atoms with Gasteiger partial charge in [-0.1, -0.05) is 45.4 Å². The molecule has 0 amide bonds. The van der Waals surface area contributed by atoms with E-state index >= 15 is 0 Å². The molecule has 2 atom stereocenters. The molecule has 20 heavy (non-hydrogen) atoms. The zero-order valence-corrected chi connectivity index (χ0v) is 12.8. The molecule has 0 heterocycles. The van der Waals surface area contributed by atoms with Crippen molar-refractivity contribution in [2.75, 3.05) is 6.61 Å². The first kappa shape index (κ1) is 16.5. The van der Waals surface area contributed by atoms with Crippen LogP contribution in [0.2, 0.25) is 0 Å². The summed E-state index contributed by atoms with van der Waals surface area (Å²) in [7, 11) is 0. The second-order valence-electron chi connectivity index (χ2n) is 5.26. The number of hydrogen-bond donors (Lipinski definition) is 0. The zero-order valence-electron chi connectivity index (χ0n) is 12.8. The number of carbonyl (C=O) groups excluding carboxylic acids is 1. The van der Waals surface area contributed by atoms with Gasteiger partial charge in [-0.15, -0.1) is 0 Å². The molecule has 2 heteroatoms. The topological polar surface area (TPSA) is 26.3 Å². The van der Waals surface area contributed by atoms with Gasteiger partial charge in [0.05, 0.1) is 6.61 Å². The van der Waals surface area contributed by atoms with Crippen molar-refractivity contribution >= 4 is 6.29 Å². The zero-order chi connectivity index (χ0) is 14.8. The number of benzene rings is 1. The summed E-state index contributed by atoms with van der Waals surface area (Å²) in [6.45, 7) is 7.20. The van der Waals surface area contributed by atoms with Gasteiger partial charge in [0.1, 0.15) is 12.0 Å². The predicted molar refractivity (Wildman–Crippen MR) is 84.2 cm³/mol. The first-order valence-electron chi connectivity index (χ1n) is 7.55. The molecule has 2 unspecified atom stereocenters. The summed E-state index contributed by atoms with van der Waals surface area (Å²) in [5, 5.41) is 0. The van der Waals surface area contributed by atoms with Crippen LogP contribution < -0.4 is 4.74 Å². The average molecular weight is 274 g/mol. The summed E-state index contributed by atoms with van der Waals surface area (Å²) in [6.07, 6.45) is 7.60. The monoisotopic (exact) mass is 274 g/mol. The summed E-state index contributed by atoms with van der Waals surface area (Å²) in [5.41, 5.74) is 1.35. The van der Waals surface area contributed by atoms with Crippen LogP contribution in [0.4, 0.5) is 0 Å². The average Bonchev–Trinajstić information content (AvgIpc) is 2.49. The smallest absolute Gasteiger partial charge is 0.142 e. The number of rotatable bonds is 9. The van der Waals surface area contributed by atoms with Crippen LogP contribution in [0.25, 0.3) is 0 Å². The van der Waals surface area contributed by atoms with E-state index in [1.165, 1.54) is 5.56 Å². The normalized spacial score (nSPS) is 14.2. The lowest BCUT2D eigenvalue weighted by Gasteiger charge is -2.14. The van der Waals surface area contributed by atoms with Crippen molar-refractivity contribution in [1.82, 2.24) is 0 Å². The van der Waals surface area contributed by atoms with E-state index in [9.17, 15) is 4.79 Å². The Morgan fingerprint density at radius 2 is 1.90 bits per heavy atom. The molecular formula is C18H26O2. The molecule has 1 rings (SSSR count). The fourth-order valence-electron chi connectivity index (χ4n) is 2.14. The Labute approximate surface area is 122 Å². The van der Waals surface area contributed by atoms with Crippen LogP contribution in [-0.2, 0) is 4.79 Å².